The molecule has 0 spiro atoms. The monoisotopic (exact) mass is 320 g/mol. The van der Waals surface area contributed by atoms with Crippen LogP contribution in [0.25, 0.3) is 0 Å². The lowest BCUT2D eigenvalue weighted by atomic mass is 10.1. The third-order valence-electron chi connectivity index (χ3n) is 4.16. The fourth-order valence-electron chi connectivity index (χ4n) is 2.89. The lowest BCUT2D eigenvalue weighted by Crippen LogP contribution is -2.21. The van der Waals surface area contributed by atoms with Crippen molar-refractivity contribution in [3.8, 4) is 0 Å². The first kappa shape index (κ1) is 15.4. The molecule has 3 rings (SSSR count). The maximum absolute atomic E-state index is 13.5. The lowest BCUT2D eigenvalue weighted by Gasteiger charge is -2.21. The molecule has 1 atom stereocenters. The Morgan fingerprint density at radius 3 is 2.77 bits per heavy atom. The average Bonchev–Trinajstić information content (AvgIpc) is 2.82. The summed E-state index contributed by atoms with van der Waals surface area (Å²) in [6, 6.07) is 7.99. The molecule has 0 saturated carbocycles. The molecule has 116 valence electrons. The lowest BCUT2D eigenvalue weighted by molar-refractivity contribution is 0.103. The van der Waals surface area contributed by atoms with Gasteiger partial charge in [0.25, 0.3) is 5.66 Å². The van der Waals surface area contributed by atoms with E-state index in [0.717, 1.165) is 24.2 Å². The van der Waals surface area contributed by atoms with Crippen molar-refractivity contribution in [2.75, 3.05) is 11.4 Å². The molecule has 22 heavy (non-hydrogen) atoms. The van der Waals surface area contributed by atoms with E-state index in [2.05, 4.69) is 35.0 Å². The highest BCUT2D eigenvalue weighted by atomic mass is 31.0. The van der Waals surface area contributed by atoms with Gasteiger partial charge in [0.2, 0.25) is 0 Å². The number of aryl methyl sites for hydroxylation is 2. The number of pyridine rings is 1. The number of rotatable bonds is 3. The summed E-state index contributed by atoms with van der Waals surface area (Å²) < 4.78 is 26.9. The van der Waals surface area contributed by atoms with Gasteiger partial charge in [-0.3, -0.25) is 4.98 Å². The predicted molar refractivity (Wildman–Crippen MR) is 88.5 cm³/mol. The van der Waals surface area contributed by atoms with Crippen molar-refractivity contribution in [1.82, 2.24) is 4.98 Å². The molecule has 2 heterocycles. The highest BCUT2D eigenvalue weighted by Gasteiger charge is 2.26. The van der Waals surface area contributed by atoms with E-state index in [-0.39, 0.29) is 5.56 Å². The van der Waals surface area contributed by atoms with E-state index >= 15 is 0 Å². The van der Waals surface area contributed by atoms with Crippen LogP contribution in [0.4, 0.5) is 14.5 Å². The van der Waals surface area contributed by atoms with Crippen LogP contribution in [0.15, 0.2) is 30.5 Å². The summed E-state index contributed by atoms with van der Waals surface area (Å²) >= 11 is 0. The smallest absolute Gasteiger partial charge is 0.285 e. The molecule has 1 aromatic heterocycles. The Morgan fingerprint density at radius 1 is 1.27 bits per heavy atom. The third kappa shape index (κ3) is 2.98. The number of fused-ring (bicyclic) bond motifs is 1. The molecular formula is C17H19F2N2P. The maximum Gasteiger partial charge on any atom is 0.285 e. The Balaban J connectivity index is 1.89. The van der Waals surface area contributed by atoms with Gasteiger partial charge in [-0.25, -0.2) is 0 Å². The van der Waals surface area contributed by atoms with Crippen LogP contribution in [0.1, 0.15) is 27.9 Å². The van der Waals surface area contributed by atoms with Gasteiger partial charge in [0.1, 0.15) is 0 Å². The highest BCUT2D eigenvalue weighted by molar-refractivity contribution is 7.17. The van der Waals surface area contributed by atoms with Crippen molar-refractivity contribution < 1.29 is 8.78 Å². The van der Waals surface area contributed by atoms with Crippen LogP contribution < -0.4 is 4.90 Å². The molecule has 0 saturated heterocycles. The predicted octanol–water partition coefficient (Wildman–Crippen LogP) is 4.19. The summed E-state index contributed by atoms with van der Waals surface area (Å²) in [6.45, 7) is 5.48. The van der Waals surface area contributed by atoms with E-state index in [9.17, 15) is 8.78 Å². The van der Waals surface area contributed by atoms with Crippen molar-refractivity contribution in [2.24, 2.45) is 0 Å². The van der Waals surface area contributed by atoms with Gasteiger partial charge in [0.15, 0.2) is 0 Å². The van der Waals surface area contributed by atoms with Crippen LogP contribution in [0.5, 0.6) is 0 Å². The number of hydrogen-bond acceptors (Lipinski definition) is 2. The molecule has 0 fully saturated rings. The molecule has 1 unspecified atom stereocenters. The number of benzene rings is 1. The summed E-state index contributed by atoms with van der Waals surface area (Å²) in [4.78, 5) is 6.38. The number of alkyl halides is 2. The Labute approximate surface area is 131 Å². The van der Waals surface area contributed by atoms with Gasteiger partial charge in [0.05, 0.1) is 0 Å². The van der Waals surface area contributed by atoms with E-state index in [1.807, 2.05) is 6.92 Å². The van der Waals surface area contributed by atoms with E-state index < -0.39 is 5.66 Å². The van der Waals surface area contributed by atoms with Crippen LogP contribution in [0, 0.1) is 13.8 Å². The molecule has 5 heteroatoms. The number of hydrogen-bond donors (Lipinski definition) is 0. The largest absolute Gasteiger partial charge is 0.367 e. The van der Waals surface area contributed by atoms with E-state index in [4.69, 9.17) is 0 Å². The van der Waals surface area contributed by atoms with Gasteiger partial charge in [-0.05, 0) is 43.5 Å². The van der Waals surface area contributed by atoms with Crippen molar-refractivity contribution in [2.45, 2.75) is 32.5 Å². The Morgan fingerprint density at radius 2 is 2.05 bits per heavy atom. The topological polar surface area (TPSA) is 16.1 Å². The Kier molecular flexibility index (Phi) is 3.90. The molecule has 0 aliphatic carbocycles. The van der Waals surface area contributed by atoms with Crippen LogP contribution in [0.3, 0.4) is 0 Å². The molecule has 0 radical (unpaired) electrons. The first-order valence-electron chi connectivity index (χ1n) is 7.32. The molecule has 0 bridgehead atoms. The zero-order chi connectivity index (χ0) is 15.9. The van der Waals surface area contributed by atoms with Crippen molar-refractivity contribution in [3.63, 3.8) is 0 Å². The average molecular weight is 320 g/mol. The second-order valence-electron chi connectivity index (χ2n) is 5.90. The molecule has 0 N–H and O–H groups in total. The van der Waals surface area contributed by atoms with Crippen molar-refractivity contribution in [3.05, 3.63) is 58.4 Å². The Bertz CT molecular complexity index is 710. The second kappa shape index (κ2) is 5.58. The molecule has 1 aromatic carbocycles. The minimum absolute atomic E-state index is 0.0542. The van der Waals surface area contributed by atoms with Crippen molar-refractivity contribution >= 4 is 14.9 Å². The van der Waals surface area contributed by atoms with Gasteiger partial charge in [-0.2, -0.15) is 8.78 Å². The molecule has 2 aromatic rings. The van der Waals surface area contributed by atoms with E-state index in [1.54, 1.807) is 15.3 Å². The first-order chi connectivity index (χ1) is 10.3. The van der Waals surface area contributed by atoms with Crippen LogP contribution in [-0.4, -0.2) is 11.5 Å². The minimum Gasteiger partial charge on any atom is -0.367 e. The molecular weight excluding hydrogens is 301 g/mol. The minimum atomic E-state index is -2.94. The summed E-state index contributed by atoms with van der Waals surface area (Å²) in [5.41, 5.74) is 2.46. The molecule has 2 nitrogen and oxygen atoms in total. The zero-order valence-corrected chi connectivity index (χ0v) is 13.9. The van der Waals surface area contributed by atoms with Crippen LogP contribution in [0.2, 0.25) is 0 Å². The molecule has 1 aliphatic heterocycles. The van der Waals surface area contributed by atoms with Gasteiger partial charge < -0.3 is 4.90 Å². The normalized spacial score (nSPS) is 14.3. The van der Waals surface area contributed by atoms with Gasteiger partial charge in [0, 0.05) is 36.2 Å². The van der Waals surface area contributed by atoms with Crippen LogP contribution in [-0.2, 0) is 18.6 Å². The van der Waals surface area contributed by atoms with Crippen molar-refractivity contribution in [1.29, 1.82) is 0 Å². The fourth-order valence-corrected chi connectivity index (χ4v) is 3.05. The van der Waals surface area contributed by atoms with E-state index in [1.165, 1.54) is 23.0 Å². The first-order valence-corrected chi connectivity index (χ1v) is 7.89. The summed E-state index contributed by atoms with van der Waals surface area (Å²) in [5.74, 6) is 0. The standard InChI is InChI=1S/C17H19F2N2P/c1-11-3-4-16-13(7-11)5-6-21(16)10-14-8-15(17(18,19)22)9-20-12(14)2/h3-4,7-9H,5-6,10,22H2,1-2H3. The number of anilines is 1. The second-order valence-corrected chi connectivity index (χ2v) is 6.62. The molecule has 0 amide bonds. The Hall–Kier alpha value is -1.54. The fraction of sp³-hybridized carbons (Fsp3) is 0.353. The maximum atomic E-state index is 13.5. The summed E-state index contributed by atoms with van der Waals surface area (Å²) in [7, 11) is 1.58. The van der Waals surface area contributed by atoms with Crippen LogP contribution >= 0.6 is 9.24 Å². The molecule has 1 aliphatic rings. The SMILES string of the molecule is Cc1ccc2c(c1)CCN2Cc1cc(C(F)(F)P)cnc1C. The summed E-state index contributed by atoms with van der Waals surface area (Å²) in [5, 5.41) is 0. The van der Waals surface area contributed by atoms with Gasteiger partial charge in [-0.1, -0.05) is 26.9 Å². The third-order valence-corrected chi connectivity index (χ3v) is 4.50. The quantitative estimate of drug-likeness (QED) is 0.789. The number of nitrogens with zero attached hydrogens (tertiary/aromatic N) is 2. The highest BCUT2D eigenvalue weighted by Crippen LogP contribution is 2.36. The van der Waals surface area contributed by atoms with Gasteiger partial charge in [-0.15, -0.1) is 0 Å². The summed E-state index contributed by atoms with van der Waals surface area (Å²) in [6.07, 6.45) is 2.26. The number of aromatic nitrogens is 1. The zero-order valence-electron chi connectivity index (χ0n) is 12.7. The number of halogens is 2. The van der Waals surface area contributed by atoms with E-state index in [0.29, 0.717) is 6.54 Å². The van der Waals surface area contributed by atoms with Gasteiger partial charge >= 0.3 is 0 Å².